The first-order chi connectivity index (χ1) is 11.9. The molecule has 0 fully saturated rings. The second-order valence-electron chi connectivity index (χ2n) is 5.95. The van der Waals surface area contributed by atoms with Crippen LogP contribution in [0.2, 0.25) is 5.02 Å². The van der Waals surface area contributed by atoms with Crippen molar-refractivity contribution in [1.82, 2.24) is 20.4 Å². The number of carbonyl (C=O) groups excluding carboxylic acids is 2. The molecule has 1 aromatic carbocycles. The highest BCUT2D eigenvalue weighted by Crippen LogP contribution is 2.19. The van der Waals surface area contributed by atoms with E-state index in [0.29, 0.717) is 30.1 Å². The van der Waals surface area contributed by atoms with Gasteiger partial charge >= 0.3 is 0 Å². The fraction of sp³-hybridized carbons (Fsp3) is 0.389. The van der Waals surface area contributed by atoms with Crippen molar-refractivity contribution in [2.24, 2.45) is 5.92 Å². The fourth-order valence-electron chi connectivity index (χ4n) is 2.40. The molecule has 0 saturated heterocycles. The van der Waals surface area contributed by atoms with Crippen LogP contribution in [0.5, 0.6) is 0 Å². The number of carbonyl (C=O) groups is 2. The smallest absolute Gasteiger partial charge is 0.254 e. The van der Waals surface area contributed by atoms with Crippen LogP contribution in [0.25, 0.3) is 5.69 Å². The number of aromatic nitrogens is 2. The summed E-state index contributed by atoms with van der Waals surface area (Å²) in [6, 6.07) is 7.33. The van der Waals surface area contributed by atoms with Gasteiger partial charge in [-0.15, -0.1) is 0 Å². The normalized spacial score (nSPS) is 10.8. The van der Waals surface area contributed by atoms with E-state index in [-0.39, 0.29) is 17.7 Å². The molecule has 6 nitrogen and oxygen atoms in total. The van der Waals surface area contributed by atoms with Crippen molar-refractivity contribution >= 4 is 23.4 Å². The van der Waals surface area contributed by atoms with Crippen molar-refractivity contribution in [1.29, 1.82) is 0 Å². The van der Waals surface area contributed by atoms with E-state index < -0.39 is 0 Å². The Morgan fingerprint density at radius 1 is 1.24 bits per heavy atom. The van der Waals surface area contributed by atoms with Crippen molar-refractivity contribution in [2.75, 3.05) is 13.1 Å². The first-order valence-corrected chi connectivity index (χ1v) is 8.70. The average molecular weight is 363 g/mol. The van der Waals surface area contributed by atoms with Crippen LogP contribution in [0.3, 0.4) is 0 Å². The molecule has 25 heavy (non-hydrogen) atoms. The molecule has 0 radical (unpaired) electrons. The number of hydrogen-bond donors (Lipinski definition) is 2. The topological polar surface area (TPSA) is 76.0 Å². The number of nitrogens with one attached hydrogen (secondary N) is 2. The van der Waals surface area contributed by atoms with E-state index in [9.17, 15) is 9.59 Å². The third-order valence-corrected chi connectivity index (χ3v) is 3.97. The molecular formula is C18H23ClN4O2. The van der Waals surface area contributed by atoms with Crippen LogP contribution >= 0.6 is 11.6 Å². The third-order valence-electron chi connectivity index (χ3n) is 3.74. The summed E-state index contributed by atoms with van der Waals surface area (Å²) in [5.41, 5.74) is 2.15. The molecule has 1 heterocycles. The van der Waals surface area contributed by atoms with E-state index in [4.69, 9.17) is 11.6 Å². The van der Waals surface area contributed by atoms with Gasteiger partial charge in [0.2, 0.25) is 5.91 Å². The van der Waals surface area contributed by atoms with E-state index in [0.717, 1.165) is 11.4 Å². The highest BCUT2D eigenvalue weighted by molar-refractivity contribution is 6.30. The average Bonchev–Trinajstić information content (AvgIpc) is 3.02. The molecule has 2 rings (SSSR count). The minimum absolute atomic E-state index is 0.0303. The van der Waals surface area contributed by atoms with Crippen molar-refractivity contribution < 1.29 is 9.59 Å². The van der Waals surface area contributed by atoms with Crippen LogP contribution in [0.4, 0.5) is 0 Å². The molecule has 0 saturated carbocycles. The van der Waals surface area contributed by atoms with Gasteiger partial charge in [0.15, 0.2) is 0 Å². The molecule has 2 aromatic rings. The molecule has 0 unspecified atom stereocenters. The summed E-state index contributed by atoms with van der Waals surface area (Å²) in [4.78, 5) is 23.9. The largest absolute Gasteiger partial charge is 0.354 e. The number of hydrogen-bond acceptors (Lipinski definition) is 3. The fourth-order valence-corrected chi connectivity index (χ4v) is 2.58. The van der Waals surface area contributed by atoms with Crippen LogP contribution in [-0.4, -0.2) is 34.7 Å². The van der Waals surface area contributed by atoms with E-state index >= 15 is 0 Å². The standard InChI is InChI=1S/C18H23ClN4O2/c1-4-16-15(18(25)21-9-8-20-17(24)12(2)3)11-22-23(16)14-7-5-6-13(19)10-14/h5-7,10-12H,4,8-9H2,1-3H3,(H,20,24)(H,21,25). The molecular weight excluding hydrogens is 340 g/mol. The molecule has 2 N–H and O–H groups in total. The van der Waals surface area contributed by atoms with Crippen LogP contribution < -0.4 is 10.6 Å². The van der Waals surface area contributed by atoms with Crippen LogP contribution in [-0.2, 0) is 11.2 Å². The second-order valence-corrected chi connectivity index (χ2v) is 6.39. The van der Waals surface area contributed by atoms with Gasteiger partial charge in [-0.1, -0.05) is 38.4 Å². The summed E-state index contributed by atoms with van der Waals surface area (Å²) in [5, 5.41) is 10.5. The highest BCUT2D eigenvalue weighted by Gasteiger charge is 2.17. The summed E-state index contributed by atoms with van der Waals surface area (Å²) in [6.45, 7) is 6.38. The zero-order chi connectivity index (χ0) is 18.4. The number of amides is 2. The van der Waals surface area contributed by atoms with Gasteiger partial charge in [0.1, 0.15) is 0 Å². The van der Waals surface area contributed by atoms with Crippen molar-refractivity contribution in [2.45, 2.75) is 27.2 Å². The predicted octanol–water partition coefficient (Wildman–Crippen LogP) is 2.59. The third kappa shape index (κ3) is 4.82. The van der Waals surface area contributed by atoms with E-state index in [1.165, 1.54) is 0 Å². The Morgan fingerprint density at radius 3 is 2.60 bits per heavy atom. The van der Waals surface area contributed by atoms with Gasteiger partial charge in [0.25, 0.3) is 5.91 Å². The second kappa shape index (κ2) is 8.67. The lowest BCUT2D eigenvalue weighted by molar-refractivity contribution is -0.123. The number of halogens is 1. The highest BCUT2D eigenvalue weighted by atomic mass is 35.5. The lowest BCUT2D eigenvalue weighted by Crippen LogP contribution is -2.36. The molecule has 7 heteroatoms. The van der Waals surface area contributed by atoms with E-state index in [1.807, 2.05) is 32.9 Å². The minimum Gasteiger partial charge on any atom is -0.354 e. The van der Waals surface area contributed by atoms with Gasteiger partial charge in [-0.25, -0.2) is 4.68 Å². The summed E-state index contributed by atoms with van der Waals surface area (Å²) >= 11 is 6.04. The number of rotatable bonds is 7. The van der Waals surface area contributed by atoms with Gasteiger partial charge in [0, 0.05) is 24.0 Å². The number of nitrogens with zero attached hydrogens (tertiary/aromatic N) is 2. The molecule has 2 amide bonds. The summed E-state index contributed by atoms with van der Waals surface area (Å²) in [5.74, 6) is -0.306. The van der Waals surface area contributed by atoms with Gasteiger partial charge in [0.05, 0.1) is 23.1 Å². The first kappa shape index (κ1) is 19.0. The van der Waals surface area contributed by atoms with Crippen LogP contribution in [0.15, 0.2) is 30.5 Å². The molecule has 0 bridgehead atoms. The summed E-state index contributed by atoms with van der Waals surface area (Å²) in [7, 11) is 0. The van der Waals surface area contributed by atoms with Crippen molar-refractivity contribution in [3.8, 4) is 5.69 Å². The Morgan fingerprint density at radius 2 is 1.96 bits per heavy atom. The lowest BCUT2D eigenvalue weighted by Gasteiger charge is -2.10. The molecule has 0 aliphatic carbocycles. The quantitative estimate of drug-likeness (QED) is 0.743. The maximum Gasteiger partial charge on any atom is 0.254 e. The molecule has 134 valence electrons. The van der Waals surface area contributed by atoms with Crippen molar-refractivity contribution in [3.05, 3.63) is 46.7 Å². The Hall–Kier alpha value is -2.34. The molecule has 0 spiro atoms. The van der Waals surface area contributed by atoms with Gasteiger partial charge < -0.3 is 10.6 Å². The minimum atomic E-state index is -0.205. The lowest BCUT2D eigenvalue weighted by atomic mass is 10.2. The maximum atomic E-state index is 12.4. The van der Waals surface area contributed by atoms with Gasteiger partial charge in [-0.2, -0.15) is 5.10 Å². The maximum absolute atomic E-state index is 12.4. The van der Waals surface area contributed by atoms with Crippen LogP contribution in [0.1, 0.15) is 36.8 Å². The Kier molecular flexibility index (Phi) is 6.58. The zero-order valence-corrected chi connectivity index (χ0v) is 15.4. The monoisotopic (exact) mass is 362 g/mol. The number of benzene rings is 1. The predicted molar refractivity (Wildman–Crippen MR) is 98.1 cm³/mol. The molecule has 0 aliphatic heterocycles. The van der Waals surface area contributed by atoms with Gasteiger partial charge in [-0.05, 0) is 24.6 Å². The SMILES string of the molecule is CCc1c(C(=O)NCCNC(=O)C(C)C)cnn1-c1cccc(Cl)c1. The van der Waals surface area contributed by atoms with E-state index in [1.54, 1.807) is 23.0 Å². The molecule has 1 aromatic heterocycles. The van der Waals surface area contributed by atoms with Gasteiger partial charge in [-0.3, -0.25) is 9.59 Å². The van der Waals surface area contributed by atoms with Crippen LogP contribution in [0, 0.1) is 5.92 Å². The summed E-state index contributed by atoms with van der Waals surface area (Å²) < 4.78 is 1.72. The Balaban J connectivity index is 2.04. The molecule has 0 atom stereocenters. The zero-order valence-electron chi connectivity index (χ0n) is 14.7. The van der Waals surface area contributed by atoms with E-state index in [2.05, 4.69) is 15.7 Å². The Labute approximate surface area is 152 Å². The molecule has 0 aliphatic rings. The Bertz CT molecular complexity index is 755. The first-order valence-electron chi connectivity index (χ1n) is 8.32. The van der Waals surface area contributed by atoms with Crippen molar-refractivity contribution in [3.63, 3.8) is 0 Å². The summed E-state index contributed by atoms with van der Waals surface area (Å²) in [6.07, 6.45) is 2.21.